The summed E-state index contributed by atoms with van der Waals surface area (Å²) in [6, 6.07) is 9.36. The van der Waals surface area contributed by atoms with Crippen LogP contribution in [0.15, 0.2) is 40.9 Å². The van der Waals surface area contributed by atoms with E-state index in [1.165, 1.54) is 13.2 Å². The molecule has 0 unspecified atom stereocenters. The van der Waals surface area contributed by atoms with Crippen LogP contribution < -0.4 is 10.5 Å². The van der Waals surface area contributed by atoms with E-state index in [0.717, 1.165) is 0 Å². The molecule has 6 heteroatoms. The third-order valence-electron chi connectivity index (χ3n) is 2.90. The summed E-state index contributed by atoms with van der Waals surface area (Å²) in [6.45, 7) is -0.0617. The maximum atomic E-state index is 13.4. The zero-order valence-corrected chi connectivity index (χ0v) is 12.8. The van der Waals surface area contributed by atoms with Crippen LogP contribution in [0.3, 0.4) is 0 Å². The van der Waals surface area contributed by atoms with Gasteiger partial charge >= 0.3 is 5.97 Å². The number of halogens is 2. The number of para-hydroxylation sites is 1. The minimum Gasteiger partial charge on any atom is -0.495 e. The van der Waals surface area contributed by atoms with E-state index in [9.17, 15) is 9.18 Å². The highest BCUT2D eigenvalue weighted by atomic mass is 79.9. The largest absolute Gasteiger partial charge is 0.495 e. The molecule has 0 saturated heterocycles. The van der Waals surface area contributed by atoms with E-state index in [1.807, 2.05) is 0 Å². The standard InChI is InChI=1S/C15H13BrFNO3/c1-20-12-7-3-5-10(14(12)18)15(19)21-8-9-4-2-6-11(17)13(9)16/h2-7H,8,18H2,1H3. The molecule has 110 valence electrons. The first kappa shape index (κ1) is 15.3. The van der Waals surface area contributed by atoms with Gasteiger partial charge in [0.05, 0.1) is 22.8 Å². The Balaban J connectivity index is 2.14. The summed E-state index contributed by atoms with van der Waals surface area (Å²) in [6.07, 6.45) is 0. The van der Waals surface area contributed by atoms with Crippen molar-refractivity contribution >= 4 is 27.6 Å². The first-order valence-electron chi connectivity index (χ1n) is 6.07. The smallest absolute Gasteiger partial charge is 0.340 e. The number of ether oxygens (including phenoxy) is 2. The first-order chi connectivity index (χ1) is 10.0. The molecule has 0 amide bonds. The van der Waals surface area contributed by atoms with Crippen molar-refractivity contribution in [3.8, 4) is 5.75 Å². The summed E-state index contributed by atoms with van der Waals surface area (Å²) in [4.78, 5) is 12.0. The van der Waals surface area contributed by atoms with Gasteiger partial charge in [-0.3, -0.25) is 0 Å². The number of hydrogen-bond donors (Lipinski definition) is 1. The second-order valence-electron chi connectivity index (χ2n) is 4.21. The molecule has 0 aliphatic rings. The van der Waals surface area contributed by atoms with E-state index in [4.69, 9.17) is 15.2 Å². The Labute approximate surface area is 129 Å². The highest BCUT2D eigenvalue weighted by Crippen LogP contribution is 2.26. The van der Waals surface area contributed by atoms with E-state index >= 15 is 0 Å². The number of nitrogen functional groups attached to an aromatic ring is 1. The second-order valence-corrected chi connectivity index (χ2v) is 5.00. The lowest BCUT2D eigenvalue weighted by Gasteiger charge is -2.10. The average Bonchev–Trinajstić information content (AvgIpc) is 2.48. The maximum Gasteiger partial charge on any atom is 0.340 e. The van der Waals surface area contributed by atoms with Gasteiger partial charge in [-0.15, -0.1) is 0 Å². The van der Waals surface area contributed by atoms with Crippen molar-refractivity contribution < 1.29 is 18.7 Å². The molecule has 0 aliphatic carbocycles. The first-order valence-corrected chi connectivity index (χ1v) is 6.86. The molecular weight excluding hydrogens is 341 g/mol. The molecule has 0 saturated carbocycles. The van der Waals surface area contributed by atoms with Crippen LogP contribution in [0.5, 0.6) is 5.75 Å². The van der Waals surface area contributed by atoms with Crippen molar-refractivity contribution in [3.05, 3.63) is 57.8 Å². The van der Waals surface area contributed by atoms with E-state index in [2.05, 4.69) is 15.9 Å². The van der Waals surface area contributed by atoms with Gasteiger partial charge < -0.3 is 15.2 Å². The molecule has 0 aliphatic heterocycles. The molecule has 0 spiro atoms. The van der Waals surface area contributed by atoms with Crippen molar-refractivity contribution in [2.24, 2.45) is 0 Å². The van der Waals surface area contributed by atoms with Gasteiger partial charge in [0, 0.05) is 5.56 Å². The fourth-order valence-electron chi connectivity index (χ4n) is 1.78. The molecule has 2 aromatic rings. The van der Waals surface area contributed by atoms with Gasteiger partial charge in [-0.1, -0.05) is 18.2 Å². The van der Waals surface area contributed by atoms with Crippen LogP contribution in [0.25, 0.3) is 0 Å². The molecule has 0 aromatic heterocycles. The van der Waals surface area contributed by atoms with Crippen molar-refractivity contribution in [3.63, 3.8) is 0 Å². The molecule has 2 N–H and O–H groups in total. The van der Waals surface area contributed by atoms with Crippen LogP contribution >= 0.6 is 15.9 Å². The quantitative estimate of drug-likeness (QED) is 0.674. The minimum atomic E-state index is -0.595. The Morgan fingerprint density at radius 2 is 2.00 bits per heavy atom. The van der Waals surface area contributed by atoms with Gasteiger partial charge in [0.2, 0.25) is 0 Å². The van der Waals surface area contributed by atoms with E-state index < -0.39 is 11.8 Å². The van der Waals surface area contributed by atoms with Crippen LogP contribution in [-0.4, -0.2) is 13.1 Å². The van der Waals surface area contributed by atoms with E-state index in [1.54, 1.807) is 30.3 Å². The van der Waals surface area contributed by atoms with Gasteiger partial charge in [-0.25, -0.2) is 9.18 Å². The second kappa shape index (κ2) is 6.58. The predicted molar refractivity (Wildman–Crippen MR) is 80.6 cm³/mol. The molecule has 21 heavy (non-hydrogen) atoms. The van der Waals surface area contributed by atoms with Gasteiger partial charge in [0.25, 0.3) is 0 Å². The van der Waals surface area contributed by atoms with Gasteiger partial charge in [-0.05, 0) is 34.1 Å². The normalized spacial score (nSPS) is 10.2. The topological polar surface area (TPSA) is 61.5 Å². The fraction of sp³-hybridized carbons (Fsp3) is 0.133. The number of hydrogen-bond acceptors (Lipinski definition) is 4. The lowest BCUT2D eigenvalue weighted by Crippen LogP contribution is -2.09. The third kappa shape index (κ3) is 3.33. The molecule has 2 rings (SSSR count). The fourth-order valence-corrected chi connectivity index (χ4v) is 2.16. The molecule has 0 bridgehead atoms. The van der Waals surface area contributed by atoms with Gasteiger partial charge in [0.15, 0.2) is 0 Å². The average molecular weight is 354 g/mol. The SMILES string of the molecule is COc1cccc(C(=O)OCc2cccc(F)c2Br)c1N. The summed E-state index contributed by atoms with van der Waals surface area (Å²) in [5, 5.41) is 0. The molecule has 0 radical (unpaired) electrons. The van der Waals surface area contributed by atoms with Crippen LogP contribution in [0.4, 0.5) is 10.1 Å². The number of rotatable bonds is 4. The van der Waals surface area contributed by atoms with Crippen molar-refractivity contribution in [1.82, 2.24) is 0 Å². The van der Waals surface area contributed by atoms with Gasteiger partial charge in [-0.2, -0.15) is 0 Å². The number of anilines is 1. The third-order valence-corrected chi connectivity index (χ3v) is 3.78. The highest BCUT2D eigenvalue weighted by molar-refractivity contribution is 9.10. The van der Waals surface area contributed by atoms with E-state index in [0.29, 0.717) is 11.3 Å². The Hall–Kier alpha value is -2.08. The molecular formula is C15H13BrFNO3. The number of esters is 1. The zero-order valence-electron chi connectivity index (χ0n) is 11.2. The minimum absolute atomic E-state index is 0.0617. The lowest BCUT2D eigenvalue weighted by molar-refractivity contribution is 0.0472. The van der Waals surface area contributed by atoms with Crippen LogP contribution in [0, 0.1) is 5.82 Å². The molecule has 0 atom stereocenters. The number of carbonyl (C=O) groups is 1. The highest BCUT2D eigenvalue weighted by Gasteiger charge is 2.15. The van der Waals surface area contributed by atoms with E-state index in [-0.39, 0.29) is 22.3 Å². The number of carbonyl (C=O) groups excluding carboxylic acids is 1. The summed E-state index contributed by atoms with van der Waals surface area (Å²) < 4.78 is 23.8. The summed E-state index contributed by atoms with van der Waals surface area (Å²) >= 11 is 3.11. The summed E-state index contributed by atoms with van der Waals surface area (Å²) in [7, 11) is 1.46. The Bertz CT molecular complexity index is 676. The van der Waals surface area contributed by atoms with Crippen molar-refractivity contribution in [2.75, 3.05) is 12.8 Å². The zero-order chi connectivity index (χ0) is 15.4. The number of methoxy groups -OCH3 is 1. The van der Waals surface area contributed by atoms with Crippen molar-refractivity contribution in [2.45, 2.75) is 6.61 Å². The Morgan fingerprint density at radius 3 is 2.71 bits per heavy atom. The Kier molecular flexibility index (Phi) is 4.80. The lowest BCUT2D eigenvalue weighted by atomic mass is 10.1. The van der Waals surface area contributed by atoms with Crippen LogP contribution in [0.2, 0.25) is 0 Å². The van der Waals surface area contributed by atoms with Crippen molar-refractivity contribution in [1.29, 1.82) is 0 Å². The summed E-state index contributed by atoms with van der Waals surface area (Å²) in [5.74, 6) is -0.608. The maximum absolute atomic E-state index is 13.4. The summed E-state index contributed by atoms with van der Waals surface area (Å²) in [5.41, 5.74) is 6.78. The molecule has 2 aromatic carbocycles. The molecule has 4 nitrogen and oxygen atoms in total. The molecule has 0 heterocycles. The number of nitrogens with two attached hydrogens (primary N) is 1. The number of benzene rings is 2. The van der Waals surface area contributed by atoms with Crippen LogP contribution in [-0.2, 0) is 11.3 Å². The molecule has 0 fully saturated rings. The van der Waals surface area contributed by atoms with Crippen LogP contribution in [0.1, 0.15) is 15.9 Å². The Morgan fingerprint density at radius 1 is 1.29 bits per heavy atom. The monoisotopic (exact) mass is 353 g/mol. The predicted octanol–water partition coefficient (Wildman–Crippen LogP) is 3.54. The van der Waals surface area contributed by atoms with Gasteiger partial charge in [0.1, 0.15) is 18.2 Å².